The second kappa shape index (κ2) is 5.65. The van der Waals surface area contributed by atoms with Crippen molar-refractivity contribution >= 4 is 15.9 Å². The van der Waals surface area contributed by atoms with E-state index in [2.05, 4.69) is 9.88 Å². The number of hydrogen-bond acceptors (Lipinski definition) is 4. The third kappa shape index (κ3) is 3.72. The quantitative estimate of drug-likeness (QED) is 0.307. The van der Waals surface area contributed by atoms with E-state index in [0.717, 1.165) is 0 Å². The van der Waals surface area contributed by atoms with Gasteiger partial charge in [0, 0.05) is 13.0 Å². The largest absolute Gasteiger partial charge is 0.409 e. The van der Waals surface area contributed by atoms with Crippen molar-refractivity contribution in [1.29, 1.82) is 0 Å². The highest BCUT2D eigenvalue weighted by atomic mass is 32.2. The van der Waals surface area contributed by atoms with Crippen molar-refractivity contribution in [2.75, 3.05) is 6.54 Å². The maximum absolute atomic E-state index is 11.9. The first-order chi connectivity index (χ1) is 7.97. The second-order valence-electron chi connectivity index (χ2n) is 3.50. The summed E-state index contributed by atoms with van der Waals surface area (Å²) in [5.74, 6) is -0.0162. The highest BCUT2D eigenvalue weighted by Crippen LogP contribution is 2.13. The molecule has 0 aromatic heterocycles. The average molecular weight is 257 g/mol. The fraction of sp³-hybridized carbons (Fsp3) is 0.300. The molecule has 1 rings (SSSR count). The van der Waals surface area contributed by atoms with Gasteiger partial charge in [-0.3, -0.25) is 0 Å². The summed E-state index contributed by atoms with van der Waals surface area (Å²) in [5, 5.41) is 11.1. The van der Waals surface area contributed by atoms with Crippen LogP contribution in [0, 0.1) is 6.92 Å². The number of nitrogens with one attached hydrogen (secondary N) is 1. The highest BCUT2D eigenvalue weighted by Gasteiger charge is 2.15. The van der Waals surface area contributed by atoms with Gasteiger partial charge in [-0.25, -0.2) is 13.1 Å². The molecule has 0 atom stereocenters. The Labute approximate surface area is 100 Å². The SMILES string of the molecule is Cc1ccccc1S(=O)(=O)NCCC(N)=NO. The summed E-state index contributed by atoms with van der Waals surface area (Å²) in [4.78, 5) is 0.236. The molecular formula is C10H15N3O3S. The zero-order valence-electron chi connectivity index (χ0n) is 9.42. The fourth-order valence-corrected chi connectivity index (χ4v) is 2.58. The lowest BCUT2D eigenvalue weighted by molar-refractivity contribution is 0.317. The lowest BCUT2D eigenvalue weighted by atomic mass is 10.2. The van der Waals surface area contributed by atoms with Gasteiger partial charge in [0.1, 0.15) is 5.84 Å². The van der Waals surface area contributed by atoms with Crippen LogP contribution < -0.4 is 10.5 Å². The predicted molar refractivity (Wildman–Crippen MR) is 64.4 cm³/mol. The maximum atomic E-state index is 11.9. The van der Waals surface area contributed by atoms with Gasteiger partial charge in [-0.1, -0.05) is 23.4 Å². The van der Waals surface area contributed by atoms with Crippen LogP contribution in [0.25, 0.3) is 0 Å². The van der Waals surface area contributed by atoms with Crippen molar-refractivity contribution in [3.05, 3.63) is 29.8 Å². The van der Waals surface area contributed by atoms with Gasteiger partial charge in [-0.05, 0) is 18.6 Å². The lowest BCUT2D eigenvalue weighted by Gasteiger charge is -2.08. The molecule has 1 aromatic carbocycles. The minimum Gasteiger partial charge on any atom is -0.409 e. The first-order valence-corrected chi connectivity index (χ1v) is 6.47. The van der Waals surface area contributed by atoms with Gasteiger partial charge in [0.25, 0.3) is 0 Å². The molecule has 0 aliphatic rings. The number of amidine groups is 1. The van der Waals surface area contributed by atoms with Crippen molar-refractivity contribution in [3.8, 4) is 0 Å². The minimum absolute atomic E-state index is 0.0162. The Kier molecular flexibility index (Phi) is 4.47. The highest BCUT2D eigenvalue weighted by molar-refractivity contribution is 7.89. The maximum Gasteiger partial charge on any atom is 0.240 e. The Morgan fingerprint density at radius 2 is 2.12 bits per heavy atom. The molecule has 0 amide bonds. The second-order valence-corrected chi connectivity index (χ2v) is 5.24. The van der Waals surface area contributed by atoms with E-state index in [9.17, 15) is 8.42 Å². The van der Waals surface area contributed by atoms with Crippen LogP contribution in [0.4, 0.5) is 0 Å². The number of nitrogens with zero attached hydrogens (tertiary/aromatic N) is 1. The molecule has 0 fully saturated rings. The number of benzene rings is 1. The van der Waals surface area contributed by atoms with E-state index in [1.54, 1.807) is 25.1 Å². The van der Waals surface area contributed by atoms with Crippen LogP contribution in [0.3, 0.4) is 0 Å². The molecule has 0 radical (unpaired) electrons. The van der Waals surface area contributed by atoms with Gasteiger partial charge in [-0.2, -0.15) is 0 Å². The molecule has 0 saturated heterocycles. The Morgan fingerprint density at radius 3 is 2.71 bits per heavy atom. The van der Waals surface area contributed by atoms with E-state index < -0.39 is 10.0 Å². The molecular weight excluding hydrogens is 242 g/mol. The Hall–Kier alpha value is -1.60. The van der Waals surface area contributed by atoms with Crippen molar-refractivity contribution in [1.82, 2.24) is 4.72 Å². The van der Waals surface area contributed by atoms with E-state index >= 15 is 0 Å². The van der Waals surface area contributed by atoms with Crippen molar-refractivity contribution in [2.45, 2.75) is 18.2 Å². The van der Waals surface area contributed by atoms with E-state index in [-0.39, 0.29) is 23.7 Å². The van der Waals surface area contributed by atoms with Gasteiger partial charge in [-0.15, -0.1) is 0 Å². The van der Waals surface area contributed by atoms with Gasteiger partial charge >= 0.3 is 0 Å². The van der Waals surface area contributed by atoms with Gasteiger partial charge in [0.2, 0.25) is 10.0 Å². The molecule has 0 aliphatic carbocycles. The molecule has 0 heterocycles. The zero-order valence-corrected chi connectivity index (χ0v) is 10.2. The van der Waals surface area contributed by atoms with Crippen LogP contribution in [0.15, 0.2) is 34.3 Å². The summed E-state index contributed by atoms with van der Waals surface area (Å²) >= 11 is 0. The Balaban J connectivity index is 2.74. The summed E-state index contributed by atoms with van der Waals surface area (Å²) in [7, 11) is -3.54. The van der Waals surface area contributed by atoms with Gasteiger partial charge < -0.3 is 10.9 Å². The molecule has 6 nitrogen and oxygen atoms in total. The van der Waals surface area contributed by atoms with E-state index in [1.807, 2.05) is 0 Å². The molecule has 7 heteroatoms. The number of sulfonamides is 1. The van der Waals surface area contributed by atoms with E-state index in [0.29, 0.717) is 5.56 Å². The molecule has 1 aromatic rings. The Morgan fingerprint density at radius 1 is 1.47 bits per heavy atom. The summed E-state index contributed by atoms with van der Waals surface area (Å²) in [6.07, 6.45) is 0.154. The lowest BCUT2D eigenvalue weighted by Crippen LogP contribution is -2.28. The summed E-state index contributed by atoms with van der Waals surface area (Å²) in [5.41, 5.74) is 5.91. The van der Waals surface area contributed by atoms with Gasteiger partial charge in [0.05, 0.1) is 4.90 Å². The van der Waals surface area contributed by atoms with Crippen LogP contribution in [0.2, 0.25) is 0 Å². The van der Waals surface area contributed by atoms with Crippen LogP contribution >= 0.6 is 0 Å². The molecule has 0 bridgehead atoms. The van der Waals surface area contributed by atoms with Crippen molar-refractivity contribution in [2.24, 2.45) is 10.9 Å². The molecule has 0 spiro atoms. The molecule has 0 aliphatic heterocycles. The van der Waals surface area contributed by atoms with E-state index in [1.165, 1.54) is 6.07 Å². The van der Waals surface area contributed by atoms with Crippen LogP contribution in [0.1, 0.15) is 12.0 Å². The van der Waals surface area contributed by atoms with Gasteiger partial charge in [0.15, 0.2) is 0 Å². The van der Waals surface area contributed by atoms with Crippen molar-refractivity contribution < 1.29 is 13.6 Å². The monoisotopic (exact) mass is 257 g/mol. The number of nitrogens with two attached hydrogens (primary N) is 1. The first kappa shape index (κ1) is 13.5. The topological polar surface area (TPSA) is 105 Å². The first-order valence-electron chi connectivity index (χ1n) is 4.99. The summed E-state index contributed by atoms with van der Waals surface area (Å²) < 4.78 is 26.1. The predicted octanol–water partition coefficient (Wildman–Crippen LogP) is 0.410. The smallest absolute Gasteiger partial charge is 0.240 e. The number of aryl methyl sites for hydroxylation is 1. The van der Waals surface area contributed by atoms with Crippen LogP contribution in [-0.2, 0) is 10.0 Å². The molecule has 0 saturated carbocycles. The summed E-state index contributed by atoms with van der Waals surface area (Å²) in [6.45, 7) is 1.81. The molecule has 94 valence electrons. The Bertz CT molecular complexity index is 511. The average Bonchev–Trinajstić information content (AvgIpc) is 2.28. The minimum atomic E-state index is -3.54. The summed E-state index contributed by atoms with van der Waals surface area (Å²) in [6, 6.07) is 6.68. The van der Waals surface area contributed by atoms with Crippen molar-refractivity contribution in [3.63, 3.8) is 0 Å². The molecule has 0 unspecified atom stereocenters. The standard InChI is InChI=1S/C10H15N3O3S/c1-8-4-2-3-5-9(8)17(15,16)12-7-6-10(11)13-14/h2-5,12,14H,6-7H2,1H3,(H2,11,13). The third-order valence-corrected chi connectivity index (χ3v) is 3.81. The normalized spacial score (nSPS) is 12.6. The van der Waals surface area contributed by atoms with Crippen LogP contribution in [0.5, 0.6) is 0 Å². The van der Waals surface area contributed by atoms with E-state index in [4.69, 9.17) is 10.9 Å². The number of oxime groups is 1. The van der Waals surface area contributed by atoms with Crippen LogP contribution in [-0.4, -0.2) is 26.0 Å². The zero-order chi connectivity index (χ0) is 12.9. The molecule has 4 N–H and O–H groups in total. The number of hydrogen-bond donors (Lipinski definition) is 3. The third-order valence-electron chi connectivity index (χ3n) is 2.18. The molecule has 17 heavy (non-hydrogen) atoms. The number of rotatable bonds is 5. The fourth-order valence-electron chi connectivity index (χ4n) is 1.30.